The molecular weight excluding hydrogens is 302 g/mol. The number of carbonyl (C=O) groups excluding carboxylic acids is 2. The molecule has 0 saturated carbocycles. The first-order chi connectivity index (χ1) is 11.5. The number of benzene rings is 2. The highest BCUT2D eigenvalue weighted by Gasteiger charge is 2.24. The van der Waals surface area contributed by atoms with Crippen LogP contribution in [0.1, 0.15) is 32.7 Å². The van der Waals surface area contributed by atoms with Gasteiger partial charge in [0.1, 0.15) is 0 Å². The minimum absolute atomic E-state index is 0.0644. The van der Waals surface area contributed by atoms with Gasteiger partial charge in [0.15, 0.2) is 0 Å². The van der Waals surface area contributed by atoms with E-state index in [1.807, 2.05) is 18.2 Å². The number of rotatable bonds is 2. The lowest BCUT2D eigenvalue weighted by molar-refractivity contribution is 0.0827. The average molecular weight is 323 g/mol. The predicted molar refractivity (Wildman–Crippen MR) is 95.3 cm³/mol. The number of anilines is 2. The van der Waals surface area contributed by atoms with E-state index in [9.17, 15) is 9.59 Å². The number of nitrogens with two attached hydrogens (primary N) is 1. The second kappa shape index (κ2) is 6.35. The lowest BCUT2D eigenvalue weighted by Gasteiger charge is -2.30. The van der Waals surface area contributed by atoms with Gasteiger partial charge in [-0.25, -0.2) is 0 Å². The van der Waals surface area contributed by atoms with Gasteiger partial charge in [0.05, 0.1) is 0 Å². The molecule has 1 aliphatic heterocycles. The maximum atomic E-state index is 12.9. The monoisotopic (exact) mass is 323 g/mol. The first-order valence-electron chi connectivity index (χ1n) is 8.00. The summed E-state index contributed by atoms with van der Waals surface area (Å²) < 4.78 is 0. The Bertz CT molecular complexity index is 782. The van der Waals surface area contributed by atoms with Crippen LogP contribution in [-0.2, 0) is 6.42 Å². The van der Waals surface area contributed by atoms with Crippen LogP contribution in [0.25, 0.3) is 0 Å². The van der Waals surface area contributed by atoms with E-state index in [0.717, 1.165) is 29.8 Å². The third-order valence-corrected chi connectivity index (χ3v) is 4.32. The SMILES string of the molecule is CN(C)C(=O)c1ccc(C(=O)N2CCCc3c(N)cccc32)cc1. The van der Waals surface area contributed by atoms with Crippen LogP contribution in [0.5, 0.6) is 0 Å². The quantitative estimate of drug-likeness (QED) is 0.864. The lowest BCUT2D eigenvalue weighted by Crippen LogP contribution is -2.35. The fraction of sp³-hybridized carbons (Fsp3) is 0.263. The van der Waals surface area contributed by atoms with Gasteiger partial charge in [0.25, 0.3) is 11.8 Å². The molecule has 0 radical (unpaired) electrons. The van der Waals surface area contributed by atoms with Crippen LogP contribution in [0, 0.1) is 0 Å². The normalized spacial score (nSPS) is 13.3. The van der Waals surface area contributed by atoms with Crippen LogP contribution in [0.15, 0.2) is 42.5 Å². The molecule has 3 rings (SSSR count). The van der Waals surface area contributed by atoms with Crippen molar-refractivity contribution < 1.29 is 9.59 Å². The molecule has 0 atom stereocenters. The van der Waals surface area contributed by atoms with Crippen LogP contribution >= 0.6 is 0 Å². The Labute approximate surface area is 141 Å². The summed E-state index contributed by atoms with van der Waals surface area (Å²) in [6.07, 6.45) is 1.78. The van der Waals surface area contributed by atoms with E-state index in [2.05, 4.69) is 0 Å². The zero-order valence-electron chi connectivity index (χ0n) is 14.0. The largest absolute Gasteiger partial charge is 0.398 e. The van der Waals surface area contributed by atoms with Crippen molar-refractivity contribution in [2.24, 2.45) is 0 Å². The third-order valence-electron chi connectivity index (χ3n) is 4.32. The van der Waals surface area contributed by atoms with Crippen LogP contribution in [-0.4, -0.2) is 37.4 Å². The molecule has 0 aromatic heterocycles. The second-order valence-corrected chi connectivity index (χ2v) is 6.18. The molecule has 0 spiro atoms. The molecular formula is C19H21N3O2. The second-order valence-electron chi connectivity index (χ2n) is 6.18. The van der Waals surface area contributed by atoms with Gasteiger partial charge in [-0.1, -0.05) is 6.07 Å². The fourth-order valence-electron chi connectivity index (χ4n) is 3.03. The summed E-state index contributed by atoms with van der Waals surface area (Å²) in [6, 6.07) is 12.5. The van der Waals surface area contributed by atoms with E-state index >= 15 is 0 Å². The Hall–Kier alpha value is -2.82. The summed E-state index contributed by atoms with van der Waals surface area (Å²) in [6.45, 7) is 0.674. The number of hydrogen-bond acceptors (Lipinski definition) is 3. The minimum Gasteiger partial charge on any atom is -0.398 e. The van der Waals surface area contributed by atoms with E-state index in [1.54, 1.807) is 43.3 Å². The zero-order valence-corrected chi connectivity index (χ0v) is 14.0. The minimum atomic E-state index is -0.0786. The molecule has 124 valence electrons. The molecule has 0 unspecified atom stereocenters. The average Bonchev–Trinajstić information content (AvgIpc) is 2.60. The van der Waals surface area contributed by atoms with Gasteiger partial charge in [-0.3, -0.25) is 9.59 Å². The van der Waals surface area contributed by atoms with Crippen molar-refractivity contribution in [3.05, 3.63) is 59.2 Å². The van der Waals surface area contributed by atoms with Crippen LogP contribution in [0.4, 0.5) is 11.4 Å². The first kappa shape index (κ1) is 16.1. The van der Waals surface area contributed by atoms with Gasteiger partial charge >= 0.3 is 0 Å². The standard InChI is InChI=1S/C19H21N3O2/c1-21(2)18(23)13-8-10-14(11-9-13)19(24)22-12-4-5-15-16(20)6-3-7-17(15)22/h3,6-11H,4-5,12,20H2,1-2H3. The van der Waals surface area contributed by atoms with Crippen LogP contribution < -0.4 is 10.6 Å². The predicted octanol–water partition coefficient (Wildman–Crippen LogP) is 2.56. The van der Waals surface area contributed by atoms with Gasteiger partial charge < -0.3 is 15.5 Å². The molecule has 0 bridgehead atoms. The number of carbonyl (C=O) groups is 2. The molecule has 1 aliphatic rings. The molecule has 0 saturated heterocycles. The van der Waals surface area contributed by atoms with Gasteiger partial charge in [0.2, 0.25) is 0 Å². The Morgan fingerprint density at radius 3 is 2.38 bits per heavy atom. The summed E-state index contributed by atoms with van der Waals surface area (Å²) in [7, 11) is 3.41. The van der Waals surface area contributed by atoms with Crippen molar-refractivity contribution in [3.63, 3.8) is 0 Å². The van der Waals surface area contributed by atoms with Crippen molar-refractivity contribution in [1.29, 1.82) is 0 Å². The molecule has 0 aliphatic carbocycles. The number of fused-ring (bicyclic) bond motifs is 1. The summed E-state index contributed by atoms with van der Waals surface area (Å²) in [5, 5.41) is 0. The van der Waals surface area contributed by atoms with E-state index in [1.165, 1.54) is 4.90 Å². The molecule has 2 aromatic carbocycles. The van der Waals surface area contributed by atoms with Crippen molar-refractivity contribution in [1.82, 2.24) is 4.90 Å². The summed E-state index contributed by atoms with van der Waals surface area (Å²) in [4.78, 5) is 28.1. The zero-order chi connectivity index (χ0) is 17.3. The highest BCUT2D eigenvalue weighted by Crippen LogP contribution is 2.32. The van der Waals surface area contributed by atoms with Crippen LogP contribution in [0.2, 0.25) is 0 Å². The summed E-state index contributed by atoms with van der Waals surface area (Å²) in [5.74, 6) is -0.143. The Morgan fingerprint density at radius 2 is 1.71 bits per heavy atom. The number of amides is 2. The molecule has 2 amide bonds. The summed E-state index contributed by atoms with van der Waals surface area (Å²) >= 11 is 0. The smallest absolute Gasteiger partial charge is 0.258 e. The molecule has 5 nitrogen and oxygen atoms in total. The number of hydrogen-bond donors (Lipinski definition) is 1. The van der Waals surface area contributed by atoms with Crippen molar-refractivity contribution in [2.45, 2.75) is 12.8 Å². The van der Waals surface area contributed by atoms with E-state index in [4.69, 9.17) is 5.73 Å². The summed E-state index contributed by atoms with van der Waals surface area (Å²) in [5.41, 5.74) is 9.84. The molecule has 0 fully saturated rings. The molecule has 2 N–H and O–H groups in total. The molecule has 24 heavy (non-hydrogen) atoms. The van der Waals surface area contributed by atoms with Crippen molar-refractivity contribution in [2.75, 3.05) is 31.3 Å². The van der Waals surface area contributed by atoms with Crippen LogP contribution in [0.3, 0.4) is 0 Å². The lowest BCUT2D eigenvalue weighted by atomic mass is 9.99. The Morgan fingerprint density at radius 1 is 1.04 bits per heavy atom. The Kier molecular flexibility index (Phi) is 4.25. The van der Waals surface area contributed by atoms with Crippen molar-refractivity contribution >= 4 is 23.2 Å². The number of nitrogen functional groups attached to an aromatic ring is 1. The van der Waals surface area contributed by atoms with Crippen molar-refractivity contribution in [3.8, 4) is 0 Å². The van der Waals surface area contributed by atoms with E-state index in [0.29, 0.717) is 17.7 Å². The van der Waals surface area contributed by atoms with E-state index in [-0.39, 0.29) is 11.8 Å². The van der Waals surface area contributed by atoms with Gasteiger partial charge in [-0.05, 0) is 54.8 Å². The molecule has 5 heteroatoms. The Balaban J connectivity index is 1.88. The maximum absolute atomic E-state index is 12.9. The third kappa shape index (κ3) is 2.85. The highest BCUT2D eigenvalue weighted by atomic mass is 16.2. The highest BCUT2D eigenvalue weighted by molar-refractivity contribution is 6.07. The topological polar surface area (TPSA) is 66.6 Å². The molecule has 1 heterocycles. The van der Waals surface area contributed by atoms with Gasteiger partial charge in [-0.2, -0.15) is 0 Å². The molecule has 2 aromatic rings. The van der Waals surface area contributed by atoms with Gasteiger partial charge in [0, 0.05) is 43.1 Å². The van der Waals surface area contributed by atoms with Gasteiger partial charge in [-0.15, -0.1) is 0 Å². The fourth-order valence-corrected chi connectivity index (χ4v) is 3.03. The first-order valence-corrected chi connectivity index (χ1v) is 8.00. The van der Waals surface area contributed by atoms with E-state index < -0.39 is 0 Å². The maximum Gasteiger partial charge on any atom is 0.258 e. The number of nitrogens with zero attached hydrogens (tertiary/aromatic N) is 2.